The third kappa shape index (κ3) is 8.75. The maximum Gasteiger partial charge on any atom is 0.407 e. The first-order valence-corrected chi connectivity index (χ1v) is 10.4. The lowest BCUT2D eigenvalue weighted by Gasteiger charge is -2.26. The second-order valence-electron chi connectivity index (χ2n) is 8.78. The summed E-state index contributed by atoms with van der Waals surface area (Å²) in [5.41, 5.74) is 1.78. The fourth-order valence-electron chi connectivity index (χ4n) is 3.14. The summed E-state index contributed by atoms with van der Waals surface area (Å²) in [6, 6.07) is -0.0374. The van der Waals surface area contributed by atoms with Crippen molar-refractivity contribution in [3.8, 4) is 0 Å². The molecule has 1 unspecified atom stereocenters. The van der Waals surface area contributed by atoms with E-state index >= 15 is 0 Å². The highest BCUT2D eigenvalue weighted by Crippen LogP contribution is 2.18. The van der Waals surface area contributed by atoms with Crippen LogP contribution in [0.25, 0.3) is 0 Å². The number of ether oxygens (including phenoxy) is 1. The van der Waals surface area contributed by atoms with E-state index in [0.717, 1.165) is 24.5 Å². The van der Waals surface area contributed by atoms with Gasteiger partial charge >= 0.3 is 6.09 Å². The molecule has 8 nitrogen and oxygen atoms in total. The molecule has 0 aliphatic carbocycles. The molecule has 0 aromatic carbocycles. The van der Waals surface area contributed by atoms with Crippen LogP contribution in [0.4, 0.5) is 4.79 Å². The van der Waals surface area contributed by atoms with E-state index in [1.54, 1.807) is 7.05 Å². The van der Waals surface area contributed by atoms with Crippen LogP contribution in [-0.4, -0.2) is 59.0 Å². The minimum atomic E-state index is -0.512. The lowest BCUT2D eigenvalue weighted by atomic mass is 10.1. The lowest BCUT2D eigenvalue weighted by Crippen LogP contribution is -2.48. The third-order valence-corrected chi connectivity index (χ3v) is 4.33. The van der Waals surface area contributed by atoms with Crippen LogP contribution in [0, 0.1) is 0 Å². The largest absolute Gasteiger partial charge is 0.444 e. The number of carbonyl (C=O) groups is 1. The Labute approximate surface area is 176 Å². The van der Waals surface area contributed by atoms with E-state index in [2.05, 4.69) is 52.6 Å². The topological polar surface area (TPSA) is 83.8 Å². The van der Waals surface area contributed by atoms with Crippen LogP contribution >= 0.6 is 0 Å². The highest BCUT2D eigenvalue weighted by molar-refractivity contribution is 5.79. The Morgan fingerprint density at radius 2 is 2.03 bits per heavy atom. The minimum Gasteiger partial charge on any atom is -0.444 e. The van der Waals surface area contributed by atoms with Gasteiger partial charge in [0.25, 0.3) is 0 Å². The van der Waals surface area contributed by atoms with Gasteiger partial charge in [-0.1, -0.05) is 27.2 Å². The van der Waals surface area contributed by atoms with Crippen molar-refractivity contribution in [2.45, 2.75) is 78.5 Å². The van der Waals surface area contributed by atoms with Crippen LogP contribution in [0.5, 0.6) is 0 Å². The number of aryl methyl sites for hydroxylation is 1. The Morgan fingerprint density at radius 3 is 2.55 bits per heavy atom. The lowest BCUT2D eigenvalue weighted by molar-refractivity contribution is 0.0502. The smallest absolute Gasteiger partial charge is 0.407 e. The molecule has 29 heavy (non-hydrogen) atoms. The molecule has 1 aromatic rings. The molecule has 0 fully saturated rings. The maximum absolute atomic E-state index is 12.1. The summed E-state index contributed by atoms with van der Waals surface area (Å²) >= 11 is 0. The number of aliphatic imine (C=N–C) groups is 1. The molecular formula is C21H40N6O2. The maximum atomic E-state index is 12.1. The summed E-state index contributed by atoms with van der Waals surface area (Å²) in [4.78, 5) is 18.6. The van der Waals surface area contributed by atoms with E-state index in [1.165, 1.54) is 5.56 Å². The van der Waals surface area contributed by atoms with Gasteiger partial charge in [-0.15, -0.1) is 0 Å². The first-order valence-electron chi connectivity index (χ1n) is 10.4. The fourth-order valence-corrected chi connectivity index (χ4v) is 3.14. The minimum absolute atomic E-state index is 0.0374. The highest BCUT2D eigenvalue weighted by atomic mass is 16.6. The molecule has 0 saturated carbocycles. The van der Waals surface area contributed by atoms with Crippen LogP contribution in [0.2, 0.25) is 0 Å². The molecule has 1 heterocycles. The SMILES string of the molecule is CCCC(CNC(=NC)N(C)Cc1cn(C)nc1C(C)C)NC(=O)OC(C)(C)C. The quantitative estimate of drug-likeness (QED) is 0.510. The predicted octanol–water partition coefficient (Wildman–Crippen LogP) is 3.24. The average molecular weight is 409 g/mol. The van der Waals surface area contributed by atoms with Gasteiger partial charge in [-0.2, -0.15) is 5.10 Å². The number of guanidine groups is 1. The van der Waals surface area contributed by atoms with E-state index in [9.17, 15) is 4.79 Å². The van der Waals surface area contributed by atoms with Crippen molar-refractivity contribution in [1.82, 2.24) is 25.3 Å². The van der Waals surface area contributed by atoms with E-state index < -0.39 is 11.7 Å². The number of nitrogens with zero attached hydrogens (tertiary/aromatic N) is 4. The molecule has 1 amide bonds. The molecule has 0 aliphatic heterocycles. The second-order valence-corrected chi connectivity index (χ2v) is 8.78. The molecule has 1 atom stereocenters. The summed E-state index contributed by atoms with van der Waals surface area (Å²) in [7, 11) is 5.71. The molecule has 0 aliphatic rings. The van der Waals surface area contributed by atoms with Gasteiger partial charge in [0.15, 0.2) is 5.96 Å². The Kier molecular flexibility index (Phi) is 9.46. The van der Waals surface area contributed by atoms with Crippen molar-refractivity contribution in [2.75, 3.05) is 20.6 Å². The highest BCUT2D eigenvalue weighted by Gasteiger charge is 2.20. The van der Waals surface area contributed by atoms with Gasteiger partial charge in [0.05, 0.1) is 5.69 Å². The van der Waals surface area contributed by atoms with Crippen LogP contribution in [0.1, 0.15) is 71.6 Å². The zero-order valence-electron chi connectivity index (χ0n) is 19.7. The van der Waals surface area contributed by atoms with Crippen molar-refractivity contribution in [3.63, 3.8) is 0 Å². The van der Waals surface area contributed by atoms with E-state index in [-0.39, 0.29) is 6.04 Å². The third-order valence-electron chi connectivity index (χ3n) is 4.33. The Balaban J connectivity index is 2.71. The van der Waals surface area contributed by atoms with Crippen LogP contribution in [0.15, 0.2) is 11.2 Å². The van der Waals surface area contributed by atoms with E-state index in [4.69, 9.17) is 4.74 Å². The van der Waals surface area contributed by atoms with Crippen molar-refractivity contribution in [1.29, 1.82) is 0 Å². The van der Waals surface area contributed by atoms with Gasteiger partial charge in [-0.25, -0.2) is 4.79 Å². The molecule has 1 rings (SSSR count). The summed E-state index contributed by atoms with van der Waals surface area (Å²) < 4.78 is 7.24. The van der Waals surface area contributed by atoms with Crippen LogP contribution in [-0.2, 0) is 18.3 Å². The molecule has 0 radical (unpaired) electrons. The molecule has 0 spiro atoms. The predicted molar refractivity (Wildman–Crippen MR) is 118 cm³/mol. The molecule has 0 saturated heterocycles. The van der Waals surface area contributed by atoms with Crippen LogP contribution < -0.4 is 10.6 Å². The van der Waals surface area contributed by atoms with Crippen molar-refractivity contribution >= 4 is 12.1 Å². The molecule has 0 bridgehead atoms. The Hall–Kier alpha value is -2.25. The first kappa shape index (κ1) is 24.8. The number of carbonyl (C=O) groups excluding carboxylic acids is 1. The number of alkyl carbamates (subject to hydrolysis) is 1. The van der Waals surface area contributed by atoms with Gasteiger partial charge in [0, 0.05) is 52.0 Å². The number of hydrogen-bond acceptors (Lipinski definition) is 4. The van der Waals surface area contributed by atoms with Crippen molar-refractivity contribution in [2.24, 2.45) is 12.0 Å². The van der Waals surface area contributed by atoms with Gasteiger partial charge in [0.2, 0.25) is 0 Å². The number of amides is 1. The van der Waals surface area contributed by atoms with Crippen molar-refractivity contribution in [3.05, 3.63) is 17.5 Å². The van der Waals surface area contributed by atoms with Gasteiger partial charge in [0.1, 0.15) is 5.60 Å². The van der Waals surface area contributed by atoms with E-state index in [0.29, 0.717) is 19.0 Å². The normalized spacial score (nSPS) is 13.4. The van der Waals surface area contributed by atoms with E-state index in [1.807, 2.05) is 39.5 Å². The van der Waals surface area contributed by atoms with Gasteiger partial charge < -0.3 is 20.3 Å². The standard InChI is InChI=1S/C21H40N6O2/c1-10-11-17(24-20(28)29-21(4,5)6)12-23-19(22-7)26(8)13-16-14-27(9)25-18(16)15(2)3/h14-15,17H,10-13H2,1-9H3,(H,22,23)(H,24,28). The van der Waals surface area contributed by atoms with Gasteiger partial charge in [-0.05, 0) is 33.1 Å². The monoisotopic (exact) mass is 408 g/mol. The number of nitrogens with one attached hydrogen (secondary N) is 2. The summed E-state index contributed by atoms with van der Waals surface area (Å²) in [6.07, 6.45) is 3.48. The zero-order chi connectivity index (χ0) is 22.2. The Morgan fingerprint density at radius 1 is 1.38 bits per heavy atom. The van der Waals surface area contributed by atoms with Gasteiger partial charge in [-0.3, -0.25) is 9.67 Å². The summed E-state index contributed by atoms with van der Waals surface area (Å²) in [6.45, 7) is 13.3. The molecule has 1 aromatic heterocycles. The molecule has 8 heteroatoms. The first-order chi connectivity index (χ1) is 13.5. The molecule has 166 valence electrons. The zero-order valence-corrected chi connectivity index (χ0v) is 19.7. The fraction of sp³-hybridized carbons (Fsp3) is 0.762. The molecule has 2 N–H and O–H groups in total. The molecular weight excluding hydrogens is 368 g/mol. The number of hydrogen-bond donors (Lipinski definition) is 2. The number of aromatic nitrogens is 2. The Bertz CT molecular complexity index is 675. The number of rotatable bonds is 8. The van der Waals surface area contributed by atoms with Crippen LogP contribution in [0.3, 0.4) is 0 Å². The van der Waals surface area contributed by atoms with Crippen molar-refractivity contribution < 1.29 is 9.53 Å². The summed E-state index contributed by atoms with van der Waals surface area (Å²) in [5.74, 6) is 1.14. The second kappa shape index (κ2) is 11.1. The summed E-state index contributed by atoms with van der Waals surface area (Å²) in [5, 5.41) is 10.9. The average Bonchev–Trinajstić information content (AvgIpc) is 2.94.